The van der Waals surface area contributed by atoms with E-state index in [1.807, 2.05) is 0 Å². The number of rotatable bonds is 2. The Kier molecular flexibility index (Phi) is 4.34. The lowest BCUT2D eigenvalue weighted by Gasteiger charge is -2.26. The molecule has 1 heterocycles. The second kappa shape index (κ2) is 5.39. The summed E-state index contributed by atoms with van der Waals surface area (Å²) in [6.07, 6.45) is -0.558. The zero-order valence-electron chi connectivity index (χ0n) is 11.1. The van der Waals surface area contributed by atoms with Crippen molar-refractivity contribution in [2.45, 2.75) is 38.7 Å². The summed E-state index contributed by atoms with van der Waals surface area (Å²) in [7, 11) is 1.24. The first-order chi connectivity index (χ1) is 8.28. The summed E-state index contributed by atoms with van der Waals surface area (Å²) in [6.45, 7) is 9.05. The maximum absolute atomic E-state index is 11.9. The summed E-state index contributed by atoms with van der Waals surface area (Å²) < 4.78 is 15.1. The molecule has 0 spiro atoms. The molecule has 0 aromatic rings. The quantitative estimate of drug-likeness (QED) is 0.551. The molecule has 1 aliphatic heterocycles. The van der Waals surface area contributed by atoms with E-state index >= 15 is 0 Å². The van der Waals surface area contributed by atoms with Crippen molar-refractivity contribution in [3.05, 3.63) is 12.7 Å². The van der Waals surface area contributed by atoms with Crippen molar-refractivity contribution >= 4 is 12.1 Å². The third-order valence-electron chi connectivity index (χ3n) is 2.26. The van der Waals surface area contributed by atoms with Crippen molar-refractivity contribution in [2.75, 3.05) is 13.7 Å². The van der Waals surface area contributed by atoms with Crippen LogP contribution in [0.2, 0.25) is 0 Å². The molecular weight excluding hydrogens is 238 g/mol. The maximum atomic E-state index is 11.9. The summed E-state index contributed by atoms with van der Waals surface area (Å²) in [5.41, 5.74) is -0.635. The highest BCUT2D eigenvalue weighted by molar-refractivity contribution is 5.80. The minimum Gasteiger partial charge on any atom is -0.466 e. The van der Waals surface area contributed by atoms with Gasteiger partial charge in [0.05, 0.1) is 19.8 Å². The number of carbonyl (C=O) groups excluding carboxylic acids is 2. The highest BCUT2D eigenvalue weighted by Crippen LogP contribution is 2.21. The SMILES string of the molecule is C=C[C@H]1CN(C(=O)OC(C)(C)C)[C@H](C(=O)OC)O1. The van der Waals surface area contributed by atoms with Crippen LogP contribution in [0, 0.1) is 0 Å². The Balaban J connectivity index is 2.80. The van der Waals surface area contributed by atoms with Crippen LogP contribution in [0.3, 0.4) is 0 Å². The summed E-state index contributed by atoms with van der Waals surface area (Å²) in [5.74, 6) is -0.634. The molecule has 0 radical (unpaired) electrons. The van der Waals surface area contributed by atoms with Gasteiger partial charge in [-0.25, -0.2) is 9.59 Å². The highest BCUT2D eigenvalue weighted by Gasteiger charge is 2.42. The Bertz CT molecular complexity index is 347. The molecule has 6 heteroatoms. The average molecular weight is 257 g/mol. The van der Waals surface area contributed by atoms with Crippen molar-refractivity contribution in [3.63, 3.8) is 0 Å². The van der Waals surface area contributed by atoms with Crippen molar-refractivity contribution in [2.24, 2.45) is 0 Å². The van der Waals surface area contributed by atoms with Crippen molar-refractivity contribution in [1.82, 2.24) is 4.90 Å². The van der Waals surface area contributed by atoms with Gasteiger partial charge in [-0.15, -0.1) is 6.58 Å². The number of esters is 1. The smallest absolute Gasteiger partial charge is 0.412 e. The molecule has 1 rings (SSSR count). The van der Waals surface area contributed by atoms with Crippen LogP contribution in [0.4, 0.5) is 4.79 Å². The topological polar surface area (TPSA) is 65.1 Å². The summed E-state index contributed by atoms with van der Waals surface area (Å²) in [4.78, 5) is 24.7. The summed E-state index contributed by atoms with van der Waals surface area (Å²) >= 11 is 0. The Morgan fingerprint density at radius 1 is 1.44 bits per heavy atom. The molecule has 1 fully saturated rings. The van der Waals surface area contributed by atoms with E-state index in [0.717, 1.165) is 0 Å². The van der Waals surface area contributed by atoms with Gasteiger partial charge in [-0.05, 0) is 20.8 Å². The van der Waals surface area contributed by atoms with Crippen LogP contribution in [0.15, 0.2) is 12.7 Å². The first-order valence-corrected chi connectivity index (χ1v) is 5.64. The molecule has 1 amide bonds. The van der Waals surface area contributed by atoms with E-state index in [0.29, 0.717) is 0 Å². The maximum Gasteiger partial charge on any atom is 0.412 e. The number of ether oxygens (including phenoxy) is 3. The zero-order chi connectivity index (χ0) is 13.9. The second-order valence-electron chi connectivity index (χ2n) is 4.92. The van der Waals surface area contributed by atoms with Gasteiger partial charge in [0.1, 0.15) is 5.60 Å². The zero-order valence-corrected chi connectivity index (χ0v) is 11.1. The van der Waals surface area contributed by atoms with Crippen molar-refractivity contribution in [3.8, 4) is 0 Å². The molecule has 102 valence electrons. The van der Waals surface area contributed by atoms with Crippen LogP contribution < -0.4 is 0 Å². The molecule has 0 aromatic heterocycles. The number of methoxy groups -OCH3 is 1. The van der Waals surface area contributed by atoms with Crippen LogP contribution in [0.25, 0.3) is 0 Å². The molecule has 0 unspecified atom stereocenters. The second-order valence-corrected chi connectivity index (χ2v) is 4.92. The molecular formula is C12H19NO5. The molecule has 0 aromatic carbocycles. The predicted molar refractivity (Wildman–Crippen MR) is 63.8 cm³/mol. The molecule has 0 saturated carbocycles. The van der Waals surface area contributed by atoms with E-state index in [2.05, 4.69) is 11.3 Å². The van der Waals surface area contributed by atoms with E-state index in [-0.39, 0.29) is 6.54 Å². The molecule has 0 bridgehead atoms. The first kappa shape index (κ1) is 14.5. The van der Waals surface area contributed by atoms with Gasteiger partial charge < -0.3 is 14.2 Å². The van der Waals surface area contributed by atoms with Crippen LogP contribution in [0.1, 0.15) is 20.8 Å². The minimum absolute atomic E-state index is 0.220. The van der Waals surface area contributed by atoms with Crippen molar-refractivity contribution < 1.29 is 23.8 Å². The van der Waals surface area contributed by atoms with Crippen LogP contribution in [-0.2, 0) is 19.0 Å². The Morgan fingerprint density at radius 3 is 2.50 bits per heavy atom. The fourth-order valence-corrected chi connectivity index (χ4v) is 1.48. The third-order valence-corrected chi connectivity index (χ3v) is 2.26. The van der Waals surface area contributed by atoms with Gasteiger partial charge in [0.15, 0.2) is 0 Å². The van der Waals surface area contributed by atoms with Gasteiger partial charge in [0.25, 0.3) is 0 Å². The Morgan fingerprint density at radius 2 is 2.06 bits per heavy atom. The van der Waals surface area contributed by atoms with Gasteiger partial charge in [-0.3, -0.25) is 4.90 Å². The van der Waals surface area contributed by atoms with Gasteiger partial charge in [-0.1, -0.05) is 6.08 Å². The third kappa shape index (κ3) is 3.46. The number of hydrogen-bond donors (Lipinski definition) is 0. The number of carbonyl (C=O) groups is 2. The molecule has 0 N–H and O–H groups in total. The van der Waals surface area contributed by atoms with Crippen molar-refractivity contribution in [1.29, 1.82) is 0 Å². The molecule has 0 aliphatic carbocycles. The van der Waals surface area contributed by atoms with Gasteiger partial charge in [-0.2, -0.15) is 0 Å². The van der Waals surface area contributed by atoms with E-state index in [1.165, 1.54) is 18.1 Å². The lowest BCUT2D eigenvalue weighted by atomic mass is 10.2. The predicted octanol–water partition coefficient (Wildman–Crippen LogP) is 1.31. The Hall–Kier alpha value is -1.56. The number of hydrogen-bond acceptors (Lipinski definition) is 5. The largest absolute Gasteiger partial charge is 0.466 e. The molecule has 1 saturated heterocycles. The molecule has 6 nitrogen and oxygen atoms in total. The van der Waals surface area contributed by atoms with E-state index < -0.39 is 30.0 Å². The standard InChI is InChI=1S/C12H19NO5/c1-6-8-7-13(9(17-8)10(14)16-5)11(15)18-12(2,3)4/h6,8-9H,1,7H2,2-5H3/t8-,9-/m0/s1. The van der Waals surface area contributed by atoms with E-state index in [9.17, 15) is 9.59 Å². The van der Waals surface area contributed by atoms with Gasteiger partial charge >= 0.3 is 12.1 Å². The average Bonchev–Trinajstić information content (AvgIpc) is 2.69. The molecule has 18 heavy (non-hydrogen) atoms. The Labute approximate surface area is 106 Å². The molecule has 2 atom stereocenters. The number of amides is 1. The van der Waals surface area contributed by atoms with Crippen LogP contribution in [0.5, 0.6) is 0 Å². The van der Waals surface area contributed by atoms with Gasteiger partial charge in [0, 0.05) is 0 Å². The monoisotopic (exact) mass is 257 g/mol. The normalized spacial score (nSPS) is 23.7. The summed E-state index contributed by atoms with van der Waals surface area (Å²) in [6, 6.07) is 0. The number of nitrogens with zero attached hydrogens (tertiary/aromatic N) is 1. The first-order valence-electron chi connectivity index (χ1n) is 5.64. The van der Waals surface area contributed by atoms with Crippen LogP contribution >= 0.6 is 0 Å². The lowest BCUT2D eigenvalue weighted by Crippen LogP contribution is -2.44. The van der Waals surface area contributed by atoms with Gasteiger partial charge in [0.2, 0.25) is 6.23 Å². The minimum atomic E-state index is -1.08. The molecule has 1 aliphatic rings. The highest BCUT2D eigenvalue weighted by atomic mass is 16.6. The fourth-order valence-electron chi connectivity index (χ4n) is 1.48. The van der Waals surface area contributed by atoms with Crippen LogP contribution in [-0.4, -0.2) is 48.5 Å². The summed E-state index contributed by atoms with van der Waals surface area (Å²) in [5, 5.41) is 0. The lowest BCUT2D eigenvalue weighted by molar-refractivity contribution is -0.159. The van der Waals surface area contributed by atoms with E-state index in [4.69, 9.17) is 9.47 Å². The fraction of sp³-hybridized carbons (Fsp3) is 0.667. The van der Waals surface area contributed by atoms with E-state index in [1.54, 1.807) is 20.8 Å².